The zero-order valence-electron chi connectivity index (χ0n) is 10.7. The molecule has 2 N–H and O–H groups in total. The fourth-order valence-corrected chi connectivity index (χ4v) is 2.36. The Morgan fingerprint density at radius 3 is 2.47 bits per heavy atom. The van der Waals surface area contributed by atoms with Crippen LogP contribution in [0.4, 0.5) is 10.1 Å². The largest absolute Gasteiger partial charge is 0.370 e. The molecule has 0 saturated heterocycles. The number of benzene rings is 2. The van der Waals surface area contributed by atoms with Gasteiger partial charge in [0.1, 0.15) is 5.82 Å². The first kappa shape index (κ1) is 14.0. The maximum Gasteiger partial charge on any atom is 0.123 e. The second-order valence-electron chi connectivity index (χ2n) is 4.46. The highest BCUT2D eigenvalue weighted by Gasteiger charge is 2.08. The molecule has 0 radical (unpaired) electrons. The van der Waals surface area contributed by atoms with Gasteiger partial charge in [-0.2, -0.15) is 0 Å². The average Bonchev–Trinajstić information content (AvgIpc) is 2.41. The summed E-state index contributed by atoms with van der Waals surface area (Å²) in [6.07, 6.45) is 0. The van der Waals surface area contributed by atoms with Crippen LogP contribution in [0, 0.1) is 5.82 Å². The van der Waals surface area contributed by atoms with E-state index in [1.54, 1.807) is 12.1 Å². The summed E-state index contributed by atoms with van der Waals surface area (Å²) in [6.45, 7) is 1.21. The molecule has 0 aromatic heterocycles. The lowest BCUT2D eigenvalue weighted by Gasteiger charge is -2.22. The van der Waals surface area contributed by atoms with Crippen LogP contribution in [-0.4, -0.2) is 7.05 Å². The van der Waals surface area contributed by atoms with Gasteiger partial charge in [-0.3, -0.25) is 0 Å². The summed E-state index contributed by atoms with van der Waals surface area (Å²) < 4.78 is 13.9. The SMILES string of the molecule is CN(Cc1ccc(F)cc1)c1cc(Br)ccc1CN. The van der Waals surface area contributed by atoms with Gasteiger partial charge in [0, 0.05) is 30.3 Å². The smallest absolute Gasteiger partial charge is 0.123 e. The lowest BCUT2D eigenvalue weighted by molar-refractivity contribution is 0.627. The fourth-order valence-electron chi connectivity index (χ4n) is 2.01. The molecule has 0 aliphatic carbocycles. The molecule has 0 spiro atoms. The minimum absolute atomic E-state index is 0.212. The first-order valence-electron chi connectivity index (χ1n) is 6.04. The Bertz CT molecular complexity index is 555. The van der Waals surface area contributed by atoms with E-state index >= 15 is 0 Å². The van der Waals surface area contributed by atoms with Gasteiger partial charge < -0.3 is 10.6 Å². The van der Waals surface area contributed by atoms with Gasteiger partial charge in [-0.25, -0.2) is 4.39 Å². The van der Waals surface area contributed by atoms with E-state index in [4.69, 9.17) is 5.73 Å². The third kappa shape index (κ3) is 3.55. The first-order valence-corrected chi connectivity index (χ1v) is 6.83. The predicted molar refractivity (Wildman–Crippen MR) is 80.5 cm³/mol. The zero-order chi connectivity index (χ0) is 13.8. The summed E-state index contributed by atoms with van der Waals surface area (Å²) in [4.78, 5) is 2.11. The van der Waals surface area contributed by atoms with Crippen LogP contribution in [0.1, 0.15) is 11.1 Å². The molecule has 2 aromatic rings. The topological polar surface area (TPSA) is 29.3 Å². The van der Waals surface area contributed by atoms with Crippen molar-refractivity contribution in [2.75, 3.05) is 11.9 Å². The number of hydrogen-bond donors (Lipinski definition) is 1. The van der Waals surface area contributed by atoms with E-state index in [0.29, 0.717) is 13.1 Å². The van der Waals surface area contributed by atoms with Gasteiger partial charge in [0.15, 0.2) is 0 Å². The Morgan fingerprint density at radius 2 is 1.84 bits per heavy atom. The van der Waals surface area contributed by atoms with Crippen molar-refractivity contribution in [3.8, 4) is 0 Å². The Labute approximate surface area is 121 Å². The maximum absolute atomic E-state index is 12.9. The van der Waals surface area contributed by atoms with Gasteiger partial charge in [0.25, 0.3) is 0 Å². The van der Waals surface area contributed by atoms with Crippen molar-refractivity contribution >= 4 is 21.6 Å². The van der Waals surface area contributed by atoms with Crippen molar-refractivity contribution < 1.29 is 4.39 Å². The normalized spacial score (nSPS) is 10.5. The fraction of sp³-hybridized carbons (Fsp3) is 0.200. The molecule has 19 heavy (non-hydrogen) atoms. The number of hydrogen-bond acceptors (Lipinski definition) is 2. The number of anilines is 1. The minimum Gasteiger partial charge on any atom is -0.370 e. The molecule has 0 unspecified atom stereocenters. The van der Waals surface area contributed by atoms with Crippen molar-refractivity contribution in [1.29, 1.82) is 0 Å². The highest BCUT2D eigenvalue weighted by molar-refractivity contribution is 9.10. The van der Waals surface area contributed by atoms with Crippen LogP contribution in [0.25, 0.3) is 0 Å². The monoisotopic (exact) mass is 322 g/mol. The van der Waals surface area contributed by atoms with E-state index < -0.39 is 0 Å². The first-order chi connectivity index (χ1) is 9.10. The molecule has 2 aromatic carbocycles. The van der Waals surface area contributed by atoms with E-state index in [9.17, 15) is 4.39 Å². The van der Waals surface area contributed by atoms with Crippen molar-refractivity contribution in [1.82, 2.24) is 0 Å². The van der Waals surface area contributed by atoms with E-state index in [0.717, 1.165) is 21.3 Å². The van der Waals surface area contributed by atoms with Crippen LogP contribution in [0.15, 0.2) is 46.9 Å². The van der Waals surface area contributed by atoms with E-state index in [-0.39, 0.29) is 5.82 Å². The van der Waals surface area contributed by atoms with Gasteiger partial charge in [0.05, 0.1) is 0 Å². The molecule has 2 rings (SSSR count). The van der Waals surface area contributed by atoms with Crippen molar-refractivity contribution in [3.63, 3.8) is 0 Å². The number of halogens is 2. The molecule has 0 atom stereocenters. The molecule has 0 aliphatic rings. The zero-order valence-corrected chi connectivity index (χ0v) is 12.3. The second-order valence-corrected chi connectivity index (χ2v) is 5.38. The summed E-state index contributed by atoms with van der Waals surface area (Å²) in [7, 11) is 2.00. The molecule has 2 nitrogen and oxygen atoms in total. The van der Waals surface area contributed by atoms with Crippen LogP contribution >= 0.6 is 15.9 Å². The molecule has 0 heterocycles. The number of nitrogens with two attached hydrogens (primary N) is 1. The van der Waals surface area contributed by atoms with E-state index in [1.807, 2.05) is 25.2 Å². The third-order valence-electron chi connectivity index (χ3n) is 3.01. The highest BCUT2D eigenvalue weighted by Crippen LogP contribution is 2.25. The molecular formula is C15H16BrFN2. The van der Waals surface area contributed by atoms with Gasteiger partial charge in [-0.15, -0.1) is 0 Å². The van der Waals surface area contributed by atoms with Crippen molar-refractivity contribution in [3.05, 3.63) is 63.9 Å². The van der Waals surface area contributed by atoms with Gasteiger partial charge in [0.2, 0.25) is 0 Å². The number of nitrogens with zero attached hydrogens (tertiary/aromatic N) is 1. The lowest BCUT2D eigenvalue weighted by Crippen LogP contribution is -2.19. The van der Waals surface area contributed by atoms with Crippen LogP contribution in [0.5, 0.6) is 0 Å². The summed E-state index contributed by atoms with van der Waals surface area (Å²) in [5.74, 6) is -0.212. The van der Waals surface area contributed by atoms with Gasteiger partial charge in [-0.1, -0.05) is 34.1 Å². The Balaban J connectivity index is 2.21. The minimum atomic E-state index is -0.212. The predicted octanol–water partition coefficient (Wildman–Crippen LogP) is 3.68. The van der Waals surface area contributed by atoms with Crippen LogP contribution in [0.3, 0.4) is 0 Å². The van der Waals surface area contributed by atoms with E-state index in [1.165, 1.54) is 12.1 Å². The Morgan fingerprint density at radius 1 is 1.16 bits per heavy atom. The maximum atomic E-state index is 12.9. The van der Waals surface area contributed by atoms with Crippen molar-refractivity contribution in [2.45, 2.75) is 13.1 Å². The van der Waals surface area contributed by atoms with Crippen LogP contribution < -0.4 is 10.6 Å². The molecule has 100 valence electrons. The number of rotatable bonds is 4. The molecule has 0 fully saturated rings. The molecule has 0 amide bonds. The summed E-state index contributed by atoms with van der Waals surface area (Å²) in [5.41, 5.74) is 9.00. The molecule has 0 aliphatic heterocycles. The summed E-state index contributed by atoms with van der Waals surface area (Å²) >= 11 is 3.47. The third-order valence-corrected chi connectivity index (χ3v) is 3.50. The lowest BCUT2D eigenvalue weighted by atomic mass is 10.1. The van der Waals surface area contributed by atoms with Gasteiger partial charge >= 0.3 is 0 Å². The standard InChI is InChI=1S/C15H16BrFN2/c1-19(10-11-2-6-14(17)7-3-11)15-8-13(16)5-4-12(15)9-18/h2-8H,9-10,18H2,1H3. The quantitative estimate of drug-likeness (QED) is 0.930. The average molecular weight is 323 g/mol. The van der Waals surface area contributed by atoms with Crippen LogP contribution in [0.2, 0.25) is 0 Å². The Kier molecular flexibility index (Phi) is 4.56. The molecule has 0 saturated carbocycles. The molecule has 4 heteroatoms. The van der Waals surface area contributed by atoms with Crippen LogP contribution in [-0.2, 0) is 13.1 Å². The second kappa shape index (κ2) is 6.17. The summed E-state index contributed by atoms with van der Waals surface area (Å²) in [5, 5.41) is 0. The summed E-state index contributed by atoms with van der Waals surface area (Å²) in [6, 6.07) is 12.6. The van der Waals surface area contributed by atoms with Gasteiger partial charge in [-0.05, 0) is 35.4 Å². The molecule has 0 bridgehead atoms. The Hall–Kier alpha value is -1.39. The van der Waals surface area contributed by atoms with Crippen molar-refractivity contribution in [2.24, 2.45) is 5.73 Å². The highest BCUT2D eigenvalue weighted by atomic mass is 79.9. The van der Waals surface area contributed by atoms with E-state index in [2.05, 4.69) is 20.8 Å². The molecular weight excluding hydrogens is 307 g/mol.